The molecule has 0 aliphatic rings. The number of carbonyl (C=O) groups excluding carboxylic acids is 1. The van der Waals surface area contributed by atoms with Crippen LogP contribution in [0.5, 0.6) is 0 Å². The summed E-state index contributed by atoms with van der Waals surface area (Å²) in [6.45, 7) is 8.08. The highest BCUT2D eigenvalue weighted by Crippen LogP contribution is 2.12. The Morgan fingerprint density at radius 1 is 1.62 bits per heavy atom. The van der Waals surface area contributed by atoms with E-state index >= 15 is 0 Å². The third-order valence-corrected chi connectivity index (χ3v) is 3.43. The van der Waals surface area contributed by atoms with E-state index < -0.39 is 0 Å². The van der Waals surface area contributed by atoms with Gasteiger partial charge in [-0.25, -0.2) is 0 Å². The molecule has 5 nitrogen and oxygen atoms in total. The lowest BCUT2D eigenvalue weighted by Gasteiger charge is -2.14. The Morgan fingerprint density at radius 2 is 2.38 bits per heavy atom. The van der Waals surface area contributed by atoms with E-state index in [1.165, 1.54) is 0 Å². The quantitative estimate of drug-likeness (QED) is 0.659. The average molecular weight is 302 g/mol. The van der Waals surface area contributed by atoms with Crippen LogP contribution in [0.25, 0.3) is 0 Å². The lowest BCUT2D eigenvalue weighted by Crippen LogP contribution is -2.28. The molecule has 0 bridgehead atoms. The van der Waals surface area contributed by atoms with Crippen molar-refractivity contribution < 1.29 is 4.79 Å². The number of nitrogens with zero attached hydrogens (tertiary/aromatic N) is 2. The minimum Gasteiger partial charge on any atom is -0.342 e. The summed E-state index contributed by atoms with van der Waals surface area (Å²) in [6, 6.07) is 7.20. The first-order chi connectivity index (χ1) is 10.0. The Bertz CT molecular complexity index is 716. The number of hydrogen-bond acceptors (Lipinski definition) is 3. The molecule has 1 amide bonds. The lowest BCUT2D eigenvalue weighted by molar-refractivity contribution is 0.0937. The Morgan fingerprint density at radius 3 is 3.05 bits per heavy atom. The van der Waals surface area contributed by atoms with Gasteiger partial charge in [0.1, 0.15) is 0 Å². The molecule has 0 fully saturated rings. The van der Waals surface area contributed by atoms with Crippen molar-refractivity contribution in [2.24, 2.45) is 0 Å². The Balaban J connectivity index is 2.18. The van der Waals surface area contributed by atoms with Crippen LogP contribution in [0.3, 0.4) is 0 Å². The van der Waals surface area contributed by atoms with Crippen LogP contribution in [-0.2, 0) is 6.54 Å². The number of nitrogens with one attached hydrogen (secondary N) is 2. The molecule has 0 aliphatic heterocycles. The van der Waals surface area contributed by atoms with Gasteiger partial charge in [0.25, 0.3) is 5.91 Å². The molecule has 1 aromatic carbocycles. The molecule has 1 atom stereocenters. The molecule has 0 unspecified atom stereocenters. The Labute approximate surface area is 128 Å². The molecule has 0 spiro atoms. The normalized spacial score (nSPS) is 11.9. The molecule has 110 valence electrons. The molecule has 2 aromatic rings. The second-order valence-corrected chi connectivity index (χ2v) is 5.24. The van der Waals surface area contributed by atoms with Crippen LogP contribution in [0.15, 0.2) is 36.9 Å². The zero-order valence-electron chi connectivity index (χ0n) is 12.1. The summed E-state index contributed by atoms with van der Waals surface area (Å²) in [5, 5.41) is 9.85. The Kier molecular flexibility index (Phi) is 4.70. The van der Waals surface area contributed by atoms with Crippen LogP contribution in [-0.4, -0.2) is 20.7 Å². The van der Waals surface area contributed by atoms with E-state index in [0.29, 0.717) is 22.7 Å². The van der Waals surface area contributed by atoms with Crippen molar-refractivity contribution in [1.82, 2.24) is 20.1 Å². The van der Waals surface area contributed by atoms with Crippen LogP contribution < -0.4 is 5.32 Å². The molecule has 2 rings (SSSR count). The van der Waals surface area contributed by atoms with Crippen LogP contribution in [0.1, 0.15) is 34.7 Å². The van der Waals surface area contributed by atoms with E-state index in [2.05, 4.69) is 22.1 Å². The van der Waals surface area contributed by atoms with Crippen molar-refractivity contribution >= 4 is 18.1 Å². The van der Waals surface area contributed by atoms with Gasteiger partial charge in [-0.2, -0.15) is 5.10 Å². The Hall–Kier alpha value is -2.21. The van der Waals surface area contributed by atoms with Crippen LogP contribution >= 0.6 is 12.2 Å². The van der Waals surface area contributed by atoms with Gasteiger partial charge < -0.3 is 5.32 Å². The monoisotopic (exact) mass is 302 g/mol. The zero-order chi connectivity index (χ0) is 15.4. The first-order valence-corrected chi connectivity index (χ1v) is 7.07. The van der Waals surface area contributed by atoms with Crippen molar-refractivity contribution in [1.29, 1.82) is 0 Å². The van der Waals surface area contributed by atoms with Crippen LogP contribution in [0, 0.1) is 11.7 Å². The molecule has 21 heavy (non-hydrogen) atoms. The van der Waals surface area contributed by atoms with Crippen molar-refractivity contribution in [3.63, 3.8) is 0 Å². The third-order valence-electron chi connectivity index (χ3n) is 3.11. The van der Waals surface area contributed by atoms with Gasteiger partial charge in [-0.1, -0.05) is 23.8 Å². The summed E-state index contributed by atoms with van der Waals surface area (Å²) in [5.41, 5.74) is 1.68. The summed E-state index contributed by atoms with van der Waals surface area (Å²) >= 11 is 5.17. The highest BCUT2D eigenvalue weighted by Gasteiger charge is 2.16. The fourth-order valence-corrected chi connectivity index (χ4v) is 2.31. The van der Waals surface area contributed by atoms with Crippen LogP contribution in [0.4, 0.5) is 0 Å². The van der Waals surface area contributed by atoms with E-state index in [4.69, 9.17) is 12.2 Å². The summed E-state index contributed by atoms with van der Waals surface area (Å²) < 4.78 is 2.32. The van der Waals surface area contributed by atoms with Gasteiger partial charge in [0, 0.05) is 12.1 Å². The SMILES string of the molecule is C=CCn1c([C@H](C)NC(=O)c2cccc(C)c2)n[nH]c1=S. The molecule has 0 radical (unpaired) electrons. The van der Waals surface area contributed by atoms with Gasteiger partial charge >= 0.3 is 0 Å². The number of hydrogen-bond donors (Lipinski definition) is 2. The third kappa shape index (κ3) is 3.46. The molecular formula is C15H18N4OS. The minimum absolute atomic E-state index is 0.134. The van der Waals surface area contributed by atoms with Gasteiger partial charge in [-0.05, 0) is 38.2 Å². The predicted octanol–water partition coefficient (Wildman–Crippen LogP) is 2.93. The van der Waals surface area contributed by atoms with Crippen molar-refractivity contribution in [2.45, 2.75) is 26.4 Å². The van der Waals surface area contributed by atoms with E-state index in [1.54, 1.807) is 12.1 Å². The number of aromatic amines is 1. The molecule has 2 N–H and O–H groups in total. The van der Waals surface area contributed by atoms with Crippen molar-refractivity contribution in [2.75, 3.05) is 0 Å². The lowest BCUT2D eigenvalue weighted by atomic mass is 10.1. The minimum atomic E-state index is -0.258. The standard InChI is InChI=1S/C15H18N4OS/c1-4-8-19-13(17-18-15(19)21)11(3)16-14(20)12-7-5-6-10(2)9-12/h4-7,9,11H,1,8H2,2-3H3,(H,16,20)(H,18,21)/t11-/m0/s1. The number of H-pyrrole nitrogens is 1. The number of rotatable bonds is 5. The molecular weight excluding hydrogens is 284 g/mol. The number of allylic oxidation sites excluding steroid dienone is 1. The first-order valence-electron chi connectivity index (χ1n) is 6.66. The predicted molar refractivity (Wildman–Crippen MR) is 84.7 cm³/mol. The zero-order valence-corrected chi connectivity index (χ0v) is 12.9. The number of amides is 1. The summed E-state index contributed by atoms with van der Waals surface area (Å²) in [6.07, 6.45) is 1.74. The summed E-state index contributed by atoms with van der Waals surface area (Å²) in [4.78, 5) is 12.3. The summed E-state index contributed by atoms with van der Waals surface area (Å²) in [7, 11) is 0. The number of benzene rings is 1. The molecule has 6 heteroatoms. The molecule has 0 saturated carbocycles. The molecule has 0 aliphatic carbocycles. The highest BCUT2D eigenvalue weighted by molar-refractivity contribution is 7.71. The fraction of sp³-hybridized carbons (Fsp3) is 0.267. The number of aromatic nitrogens is 3. The van der Waals surface area contributed by atoms with Gasteiger partial charge in [0.2, 0.25) is 0 Å². The van der Waals surface area contributed by atoms with Crippen molar-refractivity contribution in [3.8, 4) is 0 Å². The molecule has 1 aromatic heterocycles. The smallest absolute Gasteiger partial charge is 0.251 e. The maximum Gasteiger partial charge on any atom is 0.251 e. The van der Waals surface area contributed by atoms with Gasteiger partial charge in [-0.3, -0.25) is 14.5 Å². The average Bonchev–Trinajstić information content (AvgIpc) is 2.81. The van der Waals surface area contributed by atoms with Gasteiger partial charge in [0.05, 0.1) is 6.04 Å². The molecule has 1 heterocycles. The maximum absolute atomic E-state index is 12.3. The largest absolute Gasteiger partial charge is 0.342 e. The van der Waals surface area contributed by atoms with E-state index in [-0.39, 0.29) is 11.9 Å². The second kappa shape index (κ2) is 6.49. The number of carbonyl (C=O) groups is 1. The second-order valence-electron chi connectivity index (χ2n) is 4.85. The van der Waals surface area contributed by atoms with E-state index in [9.17, 15) is 4.79 Å². The number of aryl methyl sites for hydroxylation is 1. The van der Waals surface area contributed by atoms with Gasteiger partial charge in [-0.15, -0.1) is 6.58 Å². The first kappa shape index (κ1) is 15.2. The highest BCUT2D eigenvalue weighted by atomic mass is 32.1. The van der Waals surface area contributed by atoms with E-state index in [0.717, 1.165) is 5.56 Å². The van der Waals surface area contributed by atoms with Gasteiger partial charge in [0.15, 0.2) is 10.6 Å². The van der Waals surface area contributed by atoms with E-state index in [1.807, 2.05) is 36.6 Å². The molecule has 0 saturated heterocycles. The summed E-state index contributed by atoms with van der Waals surface area (Å²) in [5.74, 6) is 0.547. The van der Waals surface area contributed by atoms with Crippen molar-refractivity contribution in [3.05, 3.63) is 58.6 Å². The van der Waals surface area contributed by atoms with Crippen LogP contribution in [0.2, 0.25) is 0 Å². The maximum atomic E-state index is 12.3. The fourth-order valence-electron chi connectivity index (χ4n) is 2.10. The topological polar surface area (TPSA) is 62.7 Å².